The molecule has 0 unspecified atom stereocenters. The van der Waals surface area contributed by atoms with E-state index in [1.807, 2.05) is 23.9 Å². The Bertz CT molecular complexity index is 508. The van der Waals surface area contributed by atoms with Gasteiger partial charge in [-0.05, 0) is 22.0 Å². The number of imidazole rings is 1. The number of halogens is 1. The number of aromatic nitrogens is 3. The Kier molecular flexibility index (Phi) is 3.63. The number of nitrogens with two attached hydrogens (primary N) is 1. The maximum Gasteiger partial charge on any atom is 0.140 e. The van der Waals surface area contributed by atoms with Crippen LogP contribution in [-0.4, -0.2) is 21.1 Å². The van der Waals surface area contributed by atoms with E-state index < -0.39 is 0 Å². The summed E-state index contributed by atoms with van der Waals surface area (Å²) < 4.78 is 2.88. The van der Waals surface area contributed by atoms with Crippen LogP contribution >= 0.6 is 15.9 Å². The predicted octanol–water partition coefficient (Wildman–Crippen LogP) is 1.81. The van der Waals surface area contributed by atoms with E-state index in [0.29, 0.717) is 5.69 Å². The van der Waals surface area contributed by atoms with Gasteiger partial charge in [0.15, 0.2) is 0 Å². The van der Waals surface area contributed by atoms with Crippen molar-refractivity contribution in [2.75, 3.05) is 17.6 Å². The fraction of sp³-hybridized carbons (Fsp3) is 0.273. The van der Waals surface area contributed by atoms with Gasteiger partial charge in [0.2, 0.25) is 0 Å². The summed E-state index contributed by atoms with van der Waals surface area (Å²) in [6.07, 6.45) is 6.22. The summed E-state index contributed by atoms with van der Waals surface area (Å²) in [5.74, 6) is 1.84. The largest absolute Gasteiger partial charge is 0.397 e. The van der Waals surface area contributed by atoms with Gasteiger partial charge in [0.25, 0.3) is 0 Å². The average molecular weight is 296 g/mol. The smallest absolute Gasteiger partial charge is 0.140 e. The number of hydrogen-bond acceptors (Lipinski definition) is 4. The highest BCUT2D eigenvalue weighted by Crippen LogP contribution is 2.21. The van der Waals surface area contributed by atoms with E-state index in [1.54, 1.807) is 12.4 Å². The van der Waals surface area contributed by atoms with Gasteiger partial charge >= 0.3 is 0 Å². The summed E-state index contributed by atoms with van der Waals surface area (Å²) in [6, 6.07) is 1.83. The van der Waals surface area contributed by atoms with Crippen LogP contribution in [0.15, 0.2) is 29.1 Å². The lowest BCUT2D eigenvalue weighted by atomic mass is 10.3. The van der Waals surface area contributed by atoms with Crippen molar-refractivity contribution in [2.24, 2.45) is 7.05 Å². The van der Waals surface area contributed by atoms with Crippen LogP contribution in [0.1, 0.15) is 5.82 Å². The van der Waals surface area contributed by atoms with Crippen molar-refractivity contribution in [1.82, 2.24) is 14.5 Å². The number of anilines is 2. The fourth-order valence-corrected chi connectivity index (χ4v) is 2.02. The Morgan fingerprint density at radius 3 is 2.94 bits per heavy atom. The third-order valence-corrected chi connectivity index (χ3v) is 3.03. The molecule has 3 N–H and O–H groups in total. The Morgan fingerprint density at radius 2 is 2.29 bits per heavy atom. The van der Waals surface area contributed by atoms with Crippen LogP contribution in [0, 0.1) is 0 Å². The van der Waals surface area contributed by atoms with Crippen LogP contribution in [0.5, 0.6) is 0 Å². The molecule has 0 atom stereocenters. The van der Waals surface area contributed by atoms with Crippen molar-refractivity contribution in [3.05, 3.63) is 35.0 Å². The van der Waals surface area contributed by atoms with Crippen LogP contribution in [0.2, 0.25) is 0 Å². The second-order valence-electron chi connectivity index (χ2n) is 3.73. The molecule has 0 saturated carbocycles. The molecule has 0 radical (unpaired) electrons. The quantitative estimate of drug-likeness (QED) is 0.903. The number of aryl methyl sites for hydroxylation is 1. The molecule has 0 amide bonds. The maximum atomic E-state index is 5.62. The first kappa shape index (κ1) is 11.9. The molecular formula is C11H14BrN5. The summed E-state index contributed by atoms with van der Waals surface area (Å²) in [4.78, 5) is 8.46. The third kappa shape index (κ3) is 2.97. The first-order valence-electron chi connectivity index (χ1n) is 5.28. The molecule has 0 aliphatic carbocycles. The minimum absolute atomic E-state index is 0.645. The lowest BCUT2D eigenvalue weighted by Gasteiger charge is -2.07. The summed E-state index contributed by atoms with van der Waals surface area (Å²) >= 11 is 3.41. The molecule has 0 saturated heterocycles. The van der Waals surface area contributed by atoms with Crippen molar-refractivity contribution >= 4 is 27.4 Å². The summed E-state index contributed by atoms with van der Waals surface area (Å²) in [7, 11) is 1.99. The van der Waals surface area contributed by atoms with E-state index in [1.165, 1.54) is 0 Å². The van der Waals surface area contributed by atoms with E-state index >= 15 is 0 Å². The zero-order valence-corrected chi connectivity index (χ0v) is 11.1. The highest BCUT2D eigenvalue weighted by atomic mass is 79.9. The van der Waals surface area contributed by atoms with Gasteiger partial charge < -0.3 is 15.6 Å². The molecule has 0 spiro atoms. The van der Waals surface area contributed by atoms with Gasteiger partial charge in [-0.2, -0.15) is 0 Å². The molecule has 0 bridgehead atoms. The van der Waals surface area contributed by atoms with E-state index in [-0.39, 0.29) is 0 Å². The molecule has 5 nitrogen and oxygen atoms in total. The van der Waals surface area contributed by atoms with Gasteiger partial charge in [0.05, 0.1) is 16.4 Å². The predicted molar refractivity (Wildman–Crippen MR) is 71.8 cm³/mol. The number of rotatable bonds is 4. The second kappa shape index (κ2) is 5.18. The van der Waals surface area contributed by atoms with E-state index in [0.717, 1.165) is 29.1 Å². The van der Waals surface area contributed by atoms with Gasteiger partial charge in [-0.1, -0.05) is 0 Å². The average Bonchev–Trinajstić information content (AvgIpc) is 2.68. The SMILES string of the molecule is Cn1ccnc1CCNc1ncc(N)cc1Br. The molecule has 2 aromatic heterocycles. The third-order valence-electron chi connectivity index (χ3n) is 2.42. The highest BCUT2D eigenvalue weighted by molar-refractivity contribution is 9.10. The highest BCUT2D eigenvalue weighted by Gasteiger charge is 2.03. The molecule has 2 aromatic rings. The first-order valence-corrected chi connectivity index (χ1v) is 6.07. The normalized spacial score (nSPS) is 10.5. The van der Waals surface area contributed by atoms with Gasteiger partial charge in [-0.25, -0.2) is 9.97 Å². The molecule has 17 heavy (non-hydrogen) atoms. The number of hydrogen-bond donors (Lipinski definition) is 2. The van der Waals surface area contributed by atoms with Crippen molar-refractivity contribution in [3.63, 3.8) is 0 Å². The van der Waals surface area contributed by atoms with Crippen LogP contribution < -0.4 is 11.1 Å². The fourth-order valence-electron chi connectivity index (χ4n) is 1.51. The molecule has 6 heteroatoms. The standard InChI is InChI=1S/C11H14BrN5/c1-17-5-4-14-10(17)2-3-15-11-9(12)6-8(13)7-16-11/h4-7H,2-3,13H2,1H3,(H,15,16). The Hall–Kier alpha value is -1.56. The van der Waals surface area contributed by atoms with Gasteiger partial charge in [0, 0.05) is 32.4 Å². The molecule has 2 heterocycles. The number of pyridine rings is 1. The Labute approximate surface area is 108 Å². The van der Waals surface area contributed by atoms with Crippen molar-refractivity contribution < 1.29 is 0 Å². The minimum Gasteiger partial charge on any atom is -0.397 e. The van der Waals surface area contributed by atoms with Gasteiger partial charge in [0.1, 0.15) is 11.6 Å². The Morgan fingerprint density at radius 1 is 1.47 bits per heavy atom. The molecular weight excluding hydrogens is 282 g/mol. The van der Waals surface area contributed by atoms with Crippen LogP contribution in [0.4, 0.5) is 11.5 Å². The summed E-state index contributed by atoms with van der Waals surface area (Å²) in [5, 5.41) is 3.24. The lowest BCUT2D eigenvalue weighted by Crippen LogP contribution is -2.10. The molecule has 0 aliphatic heterocycles. The lowest BCUT2D eigenvalue weighted by molar-refractivity contribution is 0.788. The van der Waals surface area contributed by atoms with Crippen LogP contribution in [0.25, 0.3) is 0 Å². The Balaban J connectivity index is 1.92. The number of nitrogen functional groups attached to an aromatic ring is 1. The van der Waals surface area contributed by atoms with Crippen molar-refractivity contribution in [1.29, 1.82) is 0 Å². The maximum absolute atomic E-state index is 5.62. The van der Waals surface area contributed by atoms with Crippen molar-refractivity contribution in [2.45, 2.75) is 6.42 Å². The molecule has 0 aromatic carbocycles. The van der Waals surface area contributed by atoms with Crippen molar-refractivity contribution in [3.8, 4) is 0 Å². The summed E-state index contributed by atoms with van der Waals surface area (Å²) in [5.41, 5.74) is 6.26. The number of nitrogens with zero attached hydrogens (tertiary/aromatic N) is 3. The van der Waals surface area contributed by atoms with Crippen LogP contribution in [0.3, 0.4) is 0 Å². The van der Waals surface area contributed by atoms with E-state index in [9.17, 15) is 0 Å². The van der Waals surface area contributed by atoms with Crippen LogP contribution in [-0.2, 0) is 13.5 Å². The zero-order valence-electron chi connectivity index (χ0n) is 9.52. The monoisotopic (exact) mass is 295 g/mol. The topological polar surface area (TPSA) is 68.8 Å². The van der Waals surface area contributed by atoms with Gasteiger partial charge in [-0.3, -0.25) is 0 Å². The van der Waals surface area contributed by atoms with Gasteiger partial charge in [-0.15, -0.1) is 0 Å². The zero-order chi connectivity index (χ0) is 12.3. The first-order chi connectivity index (χ1) is 8.16. The molecule has 0 fully saturated rings. The second-order valence-corrected chi connectivity index (χ2v) is 4.58. The summed E-state index contributed by atoms with van der Waals surface area (Å²) in [6.45, 7) is 0.778. The number of nitrogens with one attached hydrogen (secondary N) is 1. The molecule has 90 valence electrons. The molecule has 0 aliphatic rings. The van der Waals surface area contributed by atoms with E-state index in [2.05, 4.69) is 31.2 Å². The minimum atomic E-state index is 0.645. The van der Waals surface area contributed by atoms with E-state index in [4.69, 9.17) is 5.73 Å². The molecule has 2 rings (SSSR count).